The lowest BCUT2D eigenvalue weighted by Crippen LogP contribution is -2.57. The summed E-state index contributed by atoms with van der Waals surface area (Å²) in [6.07, 6.45) is 2.25. The summed E-state index contributed by atoms with van der Waals surface area (Å²) in [7, 11) is 0. The van der Waals surface area contributed by atoms with E-state index in [1.807, 2.05) is 42.5 Å². The first-order valence-electron chi connectivity index (χ1n) is 11.9. The number of rotatable bonds is 4. The normalized spacial score (nSPS) is 20.4. The van der Waals surface area contributed by atoms with Gasteiger partial charge in [-0.05, 0) is 72.9 Å². The quantitative estimate of drug-likeness (QED) is 0.355. The molecule has 0 aliphatic carbocycles. The molecule has 2 atom stereocenters. The average Bonchev–Trinajstić information content (AvgIpc) is 2.84. The molecule has 1 saturated heterocycles. The topological polar surface area (TPSA) is 32.3 Å². The number of likely N-dealkylation sites (tertiary alicyclic amines) is 1. The van der Waals surface area contributed by atoms with Gasteiger partial charge in [-0.15, -0.1) is 0 Å². The Bertz CT molecular complexity index is 1260. The molecule has 2 unspecified atom stereocenters. The van der Waals surface area contributed by atoms with E-state index in [1.165, 1.54) is 12.1 Å². The Labute approximate surface area is 217 Å². The maximum atomic E-state index is 14.0. The second-order valence-corrected chi connectivity index (χ2v) is 10.8. The predicted molar refractivity (Wildman–Crippen MR) is 139 cm³/mol. The van der Waals surface area contributed by atoms with E-state index >= 15 is 0 Å². The zero-order chi connectivity index (χ0) is 24.7. The summed E-state index contributed by atoms with van der Waals surface area (Å²) in [4.78, 5) is 16.2. The molecule has 5 rings (SSSR count). The van der Waals surface area contributed by atoms with E-state index in [0.717, 1.165) is 53.6 Å². The summed E-state index contributed by atoms with van der Waals surface area (Å²) in [6, 6.07) is 17.5. The van der Waals surface area contributed by atoms with Gasteiger partial charge in [0.15, 0.2) is 17.4 Å². The van der Waals surface area contributed by atoms with E-state index in [2.05, 4.69) is 33.1 Å². The third kappa shape index (κ3) is 4.52. The number of piperidine rings is 1. The van der Waals surface area contributed by atoms with Crippen LogP contribution in [0.1, 0.15) is 59.6 Å². The number of ketones is 1. The third-order valence-corrected chi connectivity index (χ3v) is 8.24. The minimum absolute atomic E-state index is 0.0165. The Morgan fingerprint density at radius 2 is 1.77 bits per heavy atom. The summed E-state index contributed by atoms with van der Waals surface area (Å²) in [5.41, 5.74) is 2.80. The van der Waals surface area contributed by atoms with Gasteiger partial charge in [-0.2, -0.15) is 0 Å². The molecule has 1 spiro atoms. The Morgan fingerprint density at radius 3 is 2.43 bits per heavy atom. The van der Waals surface area contributed by atoms with Gasteiger partial charge in [0.25, 0.3) is 0 Å². The van der Waals surface area contributed by atoms with E-state index in [-0.39, 0.29) is 17.7 Å². The molecule has 2 aliphatic heterocycles. The molecule has 3 aromatic rings. The lowest BCUT2D eigenvalue weighted by atomic mass is 9.67. The molecule has 0 amide bonds. The maximum Gasteiger partial charge on any atom is 0.174 e. The number of anilines is 1. The van der Waals surface area contributed by atoms with Crippen molar-refractivity contribution in [3.63, 3.8) is 0 Å². The standard InChI is InChI=1S/C28H26BrClF2N2O/c1-2-25(18-5-10-22(31)23(32)15-18)34-13-11-28(12-14-34)26(17-3-7-20(30)8-4-17)27(35)21-9-6-19(29)16-24(21)33-28/h3-10,15-16,25-26,33H,2,11-14H2,1H3. The first-order chi connectivity index (χ1) is 16.8. The molecule has 3 nitrogen and oxygen atoms in total. The number of hydrogen-bond acceptors (Lipinski definition) is 3. The van der Waals surface area contributed by atoms with Gasteiger partial charge in [-0.25, -0.2) is 8.78 Å². The summed E-state index contributed by atoms with van der Waals surface area (Å²) in [6.45, 7) is 3.51. The van der Waals surface area contributed by atoms with Crippen molar-refractivity contribution in [1.82, 2.24) is 4.90 Å². The van der Waals surface area contributed by atoms with E-state index in [0.29, 0.717) is 10.6 Å². The van der Waals surface area contributed by atoms with Crippen molar-refractivity contribution in [2.75, 3.05) is 18.4 Å². The molecule has 2 heterocycles. The number of fused-ring (bicyclic) bond motifs is 1. The molecule has 0 saturated carbocycles. The van der Waals surface area contributed by atoms with Crippen molar-refractivity contribution >= 4 is 39.0 Å². The first kappa shape index (κ1) is 24.4. The largest absolute Gasteiger partial charge is 0.378 e. The number of Topliss-reactive ketones (excluding diaryl/α,β-unsaturated/α-hetero) is 1. The van der Waals surface area contributed by atoms with Gasteiger partial charge in [-0.3, -0.25) is 9.69 Å². The molecular formula is C28H26BrClF2N2O. The number of nitrogens with one attached hydrogen (secondary N) is 1. The SMILES string of the molecule is CCC(c1ccc(F)c(F)c1)N1CCC2(CC1)Nc1cc(Br)ccc1C(=O)C2c1ccc(Cl)cc1. The van der Waals surface area contributed by atoms with Gasteiger partial charge in [-0.1, -0.05) is 52.7 Å². The van der Waals surface area contributed by atoms with Gasteiger partial charge < -0.3 is 5.32 Å². The van der Waals surface area contributed by atoms with Crippen molar-refractivity contribution in [3.05, 3.63) is 98.5 Å². The van der Waals surface area contributed by atoms with Gasteiger partial charge in [0.1, 0.15) is 0 Å². The Balaban J connectivity index is 1.48. The van der Waals surface area contributed by atoms with Crippen LogP contribution in [0.15, 0.2) is 65.1 Å². The number of halogens is 4. The fourth-order valence-corrected chi connectivity index (χ4v) is 6.27. The van der Waals surface area contributed by atoms with E-state index in [9.17, 15) is 13.6 Å². The van der Waals surface area contributed by atoms with Crippen molar-refractivity contribution in [1.29, 1.82) is 0 Å². The van der Waals surface area contributed by atoms with Crippen LogP contribution in [-0.2, 0) is 0 Å². The number of carbonyl (C=O) groups is 1. The fraction of sp³-hybridized carbons (Fsp3) is 0.321. The van der Waals surface area contributed by atoms with Crippen LogP contribution in [0.2, 0.25) is 5.02 Å². The van der Waals surface area contributed by atoms with Crippen LogP contribution in [0.25, 0.3) is 0 Å². The molecule has 3 aromatic carbocycles. The molecule has 182 valence electrons. The van der Waals surface area contributed by atoms with Crippen LogP contribution in [0.3, 0.4) is 0 Å². The molecule has 0 aromatic heterocycles. The Kier molecular flexibility index (Phi) is 6.73. The van der Waals surface area contributed by atoms with Crippen LogP contribution in [0, 0.1) is 11.6 Å². The highest BCUT2D eigenvalue weighted by atomic mass is 79.9. The molecule has 7 heteroatoms. The molecule has 2 aliphatic rings. The van der Waals surface area contributed by atoms with Crippen LogP contribution < -0.4 is 5.32 Å². The van der Waals surface area contributed by atoms with Crippen molar-refractivity contribution < 1.29 is 13.6 Å². The maximum absolute atomic E-state index is 14.0. The first-order valence-corrected chi connectivity index (χ1v) is 13.0. The molecule has 35 heavy (non-hydrogen) atoms. The van der Waals surface area contributed by atoms with Gasteiger partial charge in [0.05, 0.1) is 11.5 Å². The highest BCUT2D eigenvalue weighted by Crippen LogP contribution is 2.48. The van der Waals surface area contributed by atoms with Crippen molar-refractivity contribution in [3.8, 4) is 0 Å². The van der Waals surface area contributed by atoms with Crippen molar-refractivity contribution in [2.24, 2.45) is 0 Å². The lowest BCUT2D eigenvalue weighted by molar-refractivity contribution is 0.0786. The van der Waals surface area contributed by atoms with Gasteiger partial charge in [0, 0.05) is 39.9 Å². The Hall–Kier alpha value is -2.28. The van der Waals surface area contributed by atoms with Gasteiger partial charge >= 0.3 is 0 Å². The molecule has 0 bridgehead atoms. The fourth-order valence-electron chi connectivity index (χ4n) is 5.78. The molecule has 1 N–H and O–H groups in total. The van der Waals surface area contributed by atoms with Crippen molar-refractivity contribution in [2.45, 2.75) is 43.7 Å². The Morgan fingerprint density at radius 1 is 1.06 bits per heavy atom. The van der Waals surface area contributed by atoms with E-state index in [1.54, 1.807) is 6.07 Å². The lowest BCUT2D eigenvalue weighted by Gasteiger charge is -2.51. The minimum Gasteiger partial charge on any atom is -0.378 e. The van der Waals surface area contributed by atoms with Gasteiger partial charge in [0.2, 0.25) is 0 Å². The highest BCUT2D eigenvalue weighted by molar-refractivity contribution is 9.10. The zero-order valence-electron chi connectivity index (χ0n) is 19.3. The average molecular weight is 560 g/mol. The second kappa shape index (κ2) is 9.64. The second-order valence-electron chi connectivity index (χ2n) is 9.45. The van der Waals surface area contributed by atoms with Crippen LogP contribution in [0.4, 0.5) is 14.5 Å². The summed E-state index contributed by atoms with van der Waals surface area (Å²) < 4.78 is 28.4. The number of nitrogens with zero attached hydrogens (tertiary/aromatic N) is 1. The summed E-state index contributed by atoms with van der Waals surface area (Å²) in [5.74, 6) is -1.89. The number of hydrogen-bond donors (Lipinski definition) is 1. The number of benzene rings is 3. The summed E-state index contributed by atoms with van der Waals surface area (Å²) in [5, 5.41) is 4.40. The summed E-state index contributed by atoms with van der Waals surface area (Å²) >= 11 is 9.68. The highest BCUT2D eigenvalue weighted by Gasteiger charge is 2.50. The van der Waals surface area contributed by atoms with E-state index in [4.69, 9.17) is 11.6 Å². The van der Waals surface area contributed by atoms with Crippen LogP contribution in [-0.4, -0.2) is 29.3 Å². The predicted octanol–water partition coefficient (Wildman–Crippen LogP) is 7.76. The van der Waals surface area contributed by atoms with Crippen LogP contribution in [0.5, 0.6) is 0 Å². The molecule has 1 fully saturated rings. The smallest absolute Gasteiger partial charge is 0.174 e. The van der Waals surface area contributed by atoms with E-state index < -0.39 is 17.2 Å². The molecular weight excluding hydrogens is 534 g/mol. The monoisotopic (exact) mass is 558 g/mol. The molecule has 0 radical (unpaired) electrons. The number of carbonyl (C=O) groups excluding carboxylic acids is 1. The zero-order valence-corrected chi connectivity index (χ0v) is 21.7. The third-order valence-electron chi connectivity index (χ3n) is 7.49. The van der Waals surface area contributed by atoms with Crippen LogP contribution >= 0.6 is 27.5 Å². The minimum atomic E-state index is -0.832.